The van der Waals surface area contributed by atoms with Crippen molar-refractivity contribution >= 4 is 5.91 Å². The van der Waals surface area contributed by atoms with Crippen molar-refractivity contribution in [1.82, 2.24) is 10.2 Å². The van der Waals surface area contributed by atoms with Crippen LogP contribution in [0.25, 0.3) is 0 Å². The van der Waals surface area contributed by atoms with E-state index >= 15 is 0 Å². The molecule has 1 heterocycles. The van der Waals surface area contributed by atoms with Gasteiger partial charge in [0.05, 0.1) is 33.5 Å². The zero-order valence-corrected chi connectivity index (χ0v) is 31.6. The molecule has 1 atom stereocenters. The van der Waals surface area contributed by atoms with Gasteiger partial charge in [0, 0.05) is 24.9 Å². The lowest BCUT2D eigenvalue weighted by molar-refractivity contribution is -0.121. The summed E-state index contributed by atoms with van der Waals surface area (Å²) >= 11 is 0. The third-order valence-electron chi connectivity index (χ3n) is 10.9. The number of methoxy groups -OCH3 is 2. The van der Waals surface area contributed by atoms with Gasteiger partial charge in [-0.3, -0.25) is 9.69 Å². The number of nitrogens with zero attached hydrogens (tertiary/aromatic N) is 1. The van der Waals surface area contributed by atoms with E-state index in [-0.39, 0.29) is 23.2 Å². The number of hydrogen-bond acceptors (Lipinski definition) is 5. The molecule has 0 radical (unpaired) electrons. The lowest BCUT2D eigenvalue weighted by atomic mass is 9.68. The molecule has 7 heteroatoms. The number of hydrogen-bond donors (Lipinski definition) is 1. The molecule has 1 aliphatic heterocycles. The summed E-state index contributed by atoms with van der Waals surface area (Å²) in [6.07, 6.45) is 5.54. The molecule has 1 N–H and O–H groups in total. The summed E-state index contributed by atoms with van der Waals surface area (Å²) in [5.74, 6) is 1.25. The highest BCUT2D eigenvalue weighted by Crippen LogP contribution is 2.42. The van der Waals surface area contributed by atoms with Gasteiger partial charge in [-0.2, -0.15) is 0 Å². The van der Waals surface area contributed by atoms with E-state index in [0.717, 1.165) is 67.8 Å². The van der Waals surface area contributed by atoms with Gasteiger partial charge in [0.2, 0.25) is 5.91 Å². The molecule has 0 aliphatic carbocycles. The van der Waals surface area contributed by atoms with Crippen LogP contribution < -0.4 is 14.8 Å². The van der Waals surface area contributed by atoms with Crippen LogP contribution in [0.1, 0.15) is 71.5 Å². The van der Waals surface area contributed by atoms with Crippen molar-refractivity contribution in [3.63, 3.8) is 0 Å². The number of benzene rings is 5. The van der Waals surface area contributed by atoms with Gasteiger partial charge < -0.3 is 19.5 Å². The van der Waals surface area contributed by atoms with Crippen LogP contribution in [0.2, 0.25) is 0 Å². The highest BCUT2D eigenvalue weighted by atomic mass is 19.1. The van der Waals surface area contributed by atoms with Crippen LogP contribution in [-0.2, 0) is 34.4 Å². The maximum atomic E-state index is 13.3. The third kappa shape index (κ3) is 9.95. The molecule has 1 aliphatic rings. The Morgan fingerprint density at radius 1 is 0.778 bits per heavy atom. The van der Waals surface area contributed by atoms with Gasteiger partial charge in [-0.25, -0.2) is 4.39 Å². The second-order valence-corrected chi connectivity index (χ2v) is 14.2. The van der Waals surface area contributed by atoms with E-state index in [4.69, 9.17) is 14.2 Å². The zero-order chi connectivity index (χ0) is 37.6. The first kappa shape index (κ1) is 38.7. The number of carbonyl (C=O) groups excluding carboxylic acids is 1. The lowest BCUT2D eigenvalue weighted by Gasteiger charge is -2.40. The number of fused-ring (bicyclic) bond motifs is 1. The summed E-state index contributed by atoms with van der Waals surface area (Å²) in [5, 5.41) is 3.16. The normalized spacial score (nSPS) is 14.3. The van der Waals surface area contributed by atoms with Crippen molar-refractivity contribution in [3.05, 3.63) is 167 Å². The summed E-state index contributed by atoms with van der Waals surface area (Å²) in [7, 11) is 3.38. The van der Waals surface area contributed by atoms with Crippen LogP contribution >= 0.6 is 0 Å². The highest BCUT2D eigenvalue weighted by molar-refractivity contribution is 5.76. The van der Waals surface area contributed by atoms with Crippen molar-refractivity contribution < 1.29 is 23.4 Å². The molecule has 1 amide bonds. The topological polar surface area (TPSA) is 60.0 Å². The number of aryl methyl sites for hydroxylation is 1. The first-order chi connectivity index (χ1) is 26.5. The second-order valence-electron chi connectivity index (χ2n) is 14.2. The summed E-state index contributed by atoms with van der Waals surface area (Å²) < 4.78 is 31.2. The molecule has 1 unspecified atom stereocenters. The Kier molecular flexibility index (Phi) is 13.9. The second kappa shape index (κ2) is 19.4. The monoisotopic (exact) mass is 728 g/mol. The summed E-state index contributed by atoms with van der Waals surface area (Å²) in [6.45, 7) is 3.56. The number of halogens is 1. The molecule has 6 nitrogen and oxygen atoms in total. The van der Waals surface area contributed by atoms with Crippen LogP contribution in [0.5, 0.6) is 11.5 Å². The maximum Gasteiger partial charge on any atom is 0.220 e. The Hall–Kier alpha value is -4.98. The number of nitrogens with one attached hydrogen (secondary N) is 1. The Labute approximate surface area is 320 Å². The van der Waals surface area contributed by atoms with E-state index in [2.05, 4.69) is 95.1 Å². The van der Waals surface area contributed by atoms with Gasteiger partial charge in [0.1, 0.15) is 5.82 Å². The summed E-state index contributed by atoms with van der Waals surface area (Å²) in [6, 6.07) is 42.8. The lowest BCUT2D eigenvalue weighted by Crippen LogP contribution is -2.39. The van der Waals surface area contributed by atoms with Gasteiger partial charge in [0.25, 0.3) is 0 Å². The zero-order valence-electron chi connectivity index (χ0n) is 31.6. The third-order valence-corrected chi connectivity index (χ3v) is 10.9. The standard InChI is InChI=1S/C47H53FN2O4/c1-52-44-32-38-26-31-50(43(42(38)33-45(44)53-2)35-54-34-37-14-6-3-7-15-37)30-13-28-47(39-16-8-4-9-17-39,40-18-10-5-11-19-40)27-12-29-49-46(51)25-22-36-20-23-41(48)24-21-36/h3-11,14-21,23-24,32-33,43H,12-13,22,25-31,34-35H2,1-2H3,(H,49,51). The van der Waals surface area contributed by atoms with Crippen molar-refractivity contribution in [1.29, 1.82) is 0 Å². The average Bonchev–Trinajstić information content (AvgIpc) is 3.22. The maximum absolute atomic E-state index is 13.3. The van der Waals surface area contributed by atoms with E-state index in [1.807, 2.05) is 18.2 Å². The fraction of sp³-hybridized carbons (Fsp3) is 0.340. The van der Waals surface area contributed by atoms with Crippen molar-refractivity contribution in [2.24, 2.45) is 0 Å². The van der Waals surface area contributed by atoms with Gasteiger partial charge in [0.15, 0.2) is 11.5 Å². The van der Waals surface area contributed by atoms with Gasteiger partial charge >= 0.3 is 0 Å². The molecular formula is C47H53FN2O4. The summed E-state index contributed by atoms with van der Waals surface area (Å²) in [4.78, 5) is 15.4. The smallest absolute Gasteiger partial charge is 0.220 e. The number of amides is 1. The van der Waals surface area contributed by atoms with Crippen molar-refractivity contribution in [2.75, 3.05) is 40.5 Å². The van der Waals surface area contributed by atoms with Crippen LogP contribution in [0.15, 0.2) is 127 Å². The predicted molar refractivity (Wildman–Crippen MR) is 214 cm³/mol. The molecular weight excluding hydrogens is 676 g/mol. The first-order valence-electron chi connectivity index (χ1n) is 19.2. The minimum Gasteiger partial charge on any atom is -0.493 e. The molecule has 54 heavy (non-hydrogen) atoms. The van der Waals surface area contributed by atoms with Crippen LogP contribution in [0, 0.1) is 5.82 Å². The Balaban J connectivity index is 1.17. The fourth-order valence-electron chi connectivity index (χ4n) is 7.99. The van der Waals surface area contributed by atoms with Crippen molar-refractivity contribution in [3.8, 4) is 11.5 Å². The molecule has 0 fully saturated rings. The fourth-order valence-corrected chi connectivity index (χ4v) is 7.99. The van der Waals surface area contributed by atoms with E-state index in [1.165, 1.54) is 34.4 Å². The minimum absolute atomic E-state index is 0.0181. The molecule has 6 rings (SSSR count). The Morgan fingerprint density at radius 2 is 1.39 bits per heavy atom. The highest BCUT2D eigenvalue weighted by Gasteiger charge is 2.35. The summed E-state index contributed by atoms with van der Waals surface area (Å²) in [5.41, 5.74) is 6.99. The largest absolute Gasteiger partial charge is 0.493 e. The molecule has 0 saturated heterocycles. The van der Waals surface area contributed by atoms with Crippen LogP contribution in [0.3, 0.4) is 0 Å². The Morgan fingerprint density at radius 3 is 2.04 bits per heavy atom. The van der Waals surface area contributed by atoms with Gasteiger partial charge in [-0.05, 0) is 103 Å². The number of ether oxygens (including phenoxy) is 3. The average molecular weight is 729 g/mol. The molecule has 0 bridgehead atoms. The molecule has 5 aromatic rings. The number of rotatable bonds is 19. The predicted octanol–water partition coefficient (Wildman–Crippen LogP) is 9.25. The molecule has 5 aromatic carbocycles. The van der Waals surface area contributed by atoms with E-state index in [0.29, 0.717) is 32.6 Å². The molecule has 282 valence electrons. The minimum atomic E-state index is -0.265. The van der Waals surface area contributed by atoms with Gasteiger partial charge in [-0.15, -0.1) is 0 Å². The van der Waals surface area contributed by atoms with E-state index in [1.54, 1.807) is 26.4 Å². The number of carbonyl (C=O) groups is 1. The van der Waals surface area contributed by atoms with E-state index < -0.39 is 0 Å². The quantitative estimate of drug-likeness (QED) is 0.0860. The van der Waals surface area contributed by atoms with Gasteiger partial charge in [-0.1, -0.05) is 103 Å². The van der Waals surface area contributed by atoms with Crippen LogP contribution in [0.4, 0.5) is 4.39 Å². The molecule has 0 saturated carbocycles. The van der Waals surface area contributed by atoms with E-state index in [9.17, 15) is 9.18 Å². The van der Waals surface area contributed by atoms with Crippen LogP contribution in [-0.4, -0.2) is 51.3 Å². The first-order valence-corrected chi connectivity index (χ1v) is 19.2. The van der Waals surface area contributed by atoms with Crippen molar-refractivity contribution in [2.45, 2.75) is 63.0 Å². The molecule has 0 aromatic heterocycles. The SMILES string of the molecule is COc1cc2c(cc1OC)C(COCc1ccccc1)N(CCCC(CCCNC(=O)CCc1ccc(F)cc1)(c1ccccc1)c1ccccc1)CC2. The Bertz CT molecular complexity index is 1850. The molecule has 0 spiro atoms.